The minimum Gasteiger partial charge on any atom is -0.355 e. The number of nitrogens with two attached hydrogens (primary N) is 1. The third-order valence-corrected chi connectivity index (χ3v) is 2.97. The van der Waals surface area contributed by atoms with Gasteiger partial charge < -0.3 is 10.6 Å². The molecule has 0 aliphatic carbocycles. The fourth-order valence-electron chi connectivity index (χ4n) is 1.82. The second kappa shape index (κ2) is 5.65. The molecular weight excluding hydrogens is 222 g/mol. The molecule has 0 atom stereocenters. The van der Waals surface area contributed by atoms with Crippen molar-refractivity contribution in [1.82, 2.24) is 4.98 Å². The molecule has 3 nitrogen and oxygen atoms in total. The molecule has 0 fully saturated rings. The van der Waals surface area contributed by atoms with Gasteiger partial charge in [-0.15, -0.1) is 0 Å². The lowest BCUT2D eigenvalue weighted by atomic mass is 10.1. The van der Waals surface area contributed by atoms with E-state index >= 15 is 0 Å². The highest BCUT2D eigenvalue weighted by molar-refractivity contribution is 5.39. The summed E-state index contributed by atoms with van der Waals surface area (Å²) < 4.78 is 0. The van der Waals surface area contributed by atoms with E-state index < -0.39 is 0 Å². The fourth-order valence-corrected chi connectivity index (χ4v) is 1.82. The summed E-state index contributed by atoms with van der Waals surface area (Å²) >= 11 is 0. The van der Waals surface area contributed by atoms with Crippen LogP contribution in [0.2, 0.25) is 0 Å². The van der Waals surface area contributed by atoms with E-state index in [0.29, 0.717) is 6.54 Å². The maximum atomic E-state index is 5.59. The van der Waals surface area contributed by atoms with Crippen LogP contribution in [-0.2, 0) is 13.1 Å². The Labute approximate surface area is 108 Å². The van der Waals surface area contributed by atoms with Gasteiger partial charge in [0.1, 0.15) is 5.82 Å². The maximum absolute atomic E-state index is 5.59. The molecule has 0 amide bonds. The zero-order valence-electron chi connectivity index (χ0n) is 10.9. The number of anilines is 1. The highest BCUT2D eigenvalue weighted by Crippen LogP contribution is 2.13. The largest absolute Gasteiger partial charge is 0.355 e. The monoisotopic (exact) mass is 241 g/mol. The lowest BCUT2D eigenvalue weighted by Gasteiger charge is -2.18. The molecule has 2 N–H and O–H groups in total. The third-order valence-electron chi connectivity index (χ3n) is 2.97. The van der Waals surface area contributed by atoms with E-state index in [4.69, 9.17) is 5.73 Å². The highest BCUT2D eigenvalue weighted by Gasteiger charge is 2.03. The van der Waals surface area contributed by atoms with Crippen molar-refractivity contribution in [3.8, 4) is 0 Å². The Morgan fingerprint density at radius 1 is 1.06 bits per heavy atom. The van der Waals surface area contributed by atoms with Gasteiger partial charge in [-0.05, 0) is 29.7 Å². The van der Waals surface area contributed by atoms with Gasteiger partial charge in [-0.2, -0.15) is 0 Å². The van der Waals surface area contributed by atoms with Crippen LogP contribution in [0, 0.1) is 6.92 Å². The number of aromatic nitrogens is 1. The van der Waals surface area contributed by atoms with Crippen LogP contribution in [-0.4, -0.2) is 12.0 Å². The van der Waals surface area contributed by atoms with Crippen molar-refractivity contribution in [1.29, 1.82) is 0 Å². The number of benzene rings is 1. The molecule has 1 heterocycles. The third kappa shape index (κ3) is 3.08. The van der Waals surface area contributed by atoms with Crippen LogP contribution >= 0.6 is 0 Å². The molecule has 1 aromatic carbocycles. The molecule has 18 heavy (non-hydrogen) atoms. The number of pyridine rings is 1. The van der Waals surface area contributed by atoms with Gasteiger partial charge in [0.2, 0.25) is 0 Å². The molecule has 0 bridgehead atoms. The second-order valence-corrected chi connectivity index (χ2v) is 4.57. The van der Waals surface area contributed by atoms with Gasteiger partial charge in [0.15, 0.2) is 0 Å². The molecule has 0 radical (unpaired) electrons. The number of aryl methyl sites for hydroxylation is 1. The summed E-state index contributed by atoms with van der Waals surface area (Å²) in [4.78, 5) is 6.55. The number of rotatable bonds is 4. The first kappa shape index (κ1) is 12.6. The predicted molar refractivity (Wildman–Crippen MR) is 75.4 cm³/mol. The lowest BCUT2D eigenvalue weighted by molar-refractivity contribution is 0.895. The van der Waals surface area contributed by atoms with Crippen LogP contribution < -0.4 is 10.6 Å². The van der Waals surface area contributed by atoms with E-state index in [1.54, 1.807) is 0 Å². The van der Waals surface area contributed by atoms with Crippen molar-refractivity contribution in [2.24, 2.45) is 5.73 Å². The second-order valence-electron chi connectivity index (χ2n) is 4.57. The van der Waals surface area contributed by atoms with Crippen molar-refractivity contribution in [2.45, 2.75) is 20.0 Å². The minimum atomic E-state index is 0.593. The van der Waals surface area contributed by atoms with Crippen LogP contribution in [0.3, 0.4) is 0 Å². The molecule has 2 rings (SSSR count). The number of nitrogens with zero attached hydrogens (tertiary/aromatic N) is 2. The molecule has 3 heteroatoms. The van der Waals surface area contributed by atoms with Gasteiger partial charge in [-0.25, -0.2) is 4.98 Å². The Morgan fingerprint density at radius 2 is 1.72 bits per heavy atom. The molecular formula is C15H19N3. The summed E-state index contributed by atoms with van der Waals surface area (Å²) in [6.45, 7) is 3.48. The molecule has 0 aliphatic rings. The zero-order chi connectivity index (χ0) is 13.0. The van der Waals surface area contributed by atoms with Crippen molar-refractivity contribution < 1.29 is 0 Å². The molecule has 0 spiro atoms. The Bertz CT molecular complexity index is 488. The topological polar surface area (TPSA) is 42.1 Å². The van der Waals surface area contributed by atoms with Crippen LogP contribution in [0.1, 0.15) is 16.7 Å². The maximum Gasteiger partial charge on any atom is 0.128 e. The van der Waals surface area contributed by atoms with Crippen LogP contribution in [0.25, 0.3) is 0 Å². The smallest absolute Gasteiger partial charge is 0.128 e. The predicted octanol–water partition coefficient (Wildman–Crippen LogP) is 2.49. The van der Waals surface area contributed by atoms with Crippen molar-refractivity contribution >= 4 is 5.82 Å². The molecule has 0 aliphatic heterocycles. The first-order chi connectivity index (χ1) is 8.69. The first-order valence-corrected chi connectivity index (χ1v) is 6.10. The van der Waals surface area contributed by atoms with Gasteiger partial charge in [0.05, 0.1) is 0 Å². The Balaban J connectivity index is 2.05. The summed E-state index contributed by atoms with van der Waals surface area (Å²) in [5, 5.41) is 0. The molecule has 0 saturated carbocycles. The van der Waals surface area contributed by atoms with E-state index in [9.17, 15) is 0 Å². The lowest BCUT2D eigenvalue weighted by Crippen LogP contribution is -2.17. The zero-order valence-corrected chi connectivity index (χ0v) is 10.9. The van der Waals surface area contributed by atoms with E-state index in [0.717, 1.165) is 17.9 Å². The minimum absolute atomic E-state index is 0.593. The standard InChI is InChI=1S/C15H19N3/c1-12-3-8-15(17-10-12)18(2)11-14-6-4-13(9-16)5-7-14/h3-8,10H,9,11,16H2,1-2H3. The van der Waals surface area contributed by atoms with Crippen molar-refractivity contribution in [3.05, 3.63) is 59.3 Å². The summed E-state index contributed by atoms with van der Waals surface area (Å²) in [6.07, 6.45) is 1.89. The van der Waals surface area contributed by atoms with E-state index in [-0.39, 0.29) is 0 Å². The summed E-state index contributed by atoms with van der Waals surface area (Å²) in [5.41, 5.74) is 9.19. The normalized spacial score (nSPS) is 10.4. The summed E-state index contributed by atoms with van der Waals surface area (Å²) in [7, 11) is 2.05. The van der Waals surface area contributed by atoms with Crippen molar-refractivity contribution in [3.63, 3.8) is 0 Å². The quantitative estimate of drug-likeness (QED) is 0.894. The van der Waals surface area contributed by atoms with Gasteiger partial charge in [0.25, 0.3) is 0 Å². The van der Waals surface area contributed by atoms with Gasteiger partial charge in [0, 0.05) is 26.3 Å². The highest BCUT2D eigenvalue weighted by atomic mass is 15.2. The molecule has 0 saturated heterocycles. The Kier molecular flexibility index (Phi) is 3.95. The van der Waals surface area contributed by atoms with E-state index in [1.807, 2.05) is 19.2 Å². The number of hydrogen-bond acceptors (Lipinski definition) is 3. The summed E-state index contributed by atoms with van der Waals surface area (Å²) in [5.74, 6) is 0.989. The molecule has 94 valence electrons. The number of hydrogen-bond donors (Lipinski definition) is 1. The Hall–Kier alpha value is -1.87. The average Bonchev–Trinajstić information content (AvgIpc) is 2.40. The SMILES string of the molecule is Cc1ccc(N(C)Cc2ccc(CN)cc2)nc1. The van der Waals surface area contributed by atoms with E-state index in [2.05, 4.69) is 47.3 Å². The molecule has 0 unspecified atom stereocenters. The fraction of sp³-hybridized carbons (Fsp3) is 0.267. The van der Waals surface area contributed by atoms with E-state index in [1.165, 1.54) is 11.1 Å². The first-order valence-electron chi connectivity index (χ1n) is 6.10. The Morgan fingerprint density at radius 3 is 2.28 bits per heavy atom. The molecule has 2 aromatic rings. The van der Waals surface area contributed by atoms with Gasteiger partial charge >= 0.3 is 0 Å². The van der Waals surface area contributed by atoms with Crippen LogP contribution in [0.15, 0.2) is 42.6 Å². The molecule has 1 aromatic heterocycles. The van der Waals surface area contributed by atoms with Gasteiger partial charge in [-0.3, -0.25) is 0 Å². The van der Waals surface area contributed by atoms with Crippen LogP contribution in [0.5, 0.6) is 0 Å². The van der Waals surface area contributed by atoms with Gasteiger partial charge in [-0.1, -0.05) is 30.3 Å². The summed E-state index contributed by atoms with van der Waals surface area (Å²) in [6, 6.07) is 12.5. The van der Waals surface area contributed by atoms with Crippen molar-refractivity contribution in [2.75, 3.05) is 11.9 Å². The van der Waals surface area contributed by atoms with Crippen LogP contribution in [0.4, 0.5) is 5.82 Å². The average molecular weight is 241 g/mol.